The van der Waals surface area contributed by atoms with Gasteiger partial charge in [-0.05, 0) is 24.8 Å². The van der Waals surface area contributed by atoms with Crippen LogP contribution in [-0.4, -0.2) is 48.8 Å². The summed E-state index contributed by atoms with van der Waals surface area (Å²) in [6.07, 6.45) is -4.75. The van der Waals surface area contributed by atoms with Crippen LogP contribution in [0.2, 0.25) is 0 Å². The van der Waals surface area contributed by atoms with E-state index in [0.29, 0.717) is 11.5 Å². The lowest BCUT2D eigenvalue weighted by molar-refractivity contribution is -0.145. The summed E-state index contributed by atoms with van der Waals surface area (Å²) >= 11 is 0. The van der Waals surface area contributed by atoms with Crippen LogP contribution in [0.3, 0.4) is 0 Å². The maximum absolute atomic E-state index is 13.9. The monoisotopic (exact) mass is 572 g/mol. The molecule has 1 aliphatic rings. The summed E-state index contributed by atoms with van der Waals surface area (Å²) in [5.41, 5.74) is 0.812. The summed E-state index contributed by atoms with van der Waals surface area (Å²) < 4.78 is 71.5. The van der Waals surface area contributed by atoms with Crippen LogP contribution in [0.25, 0.3) is 5.65 Å². The topological polar surface area (TPSA) is 135 Å². The molecule has 2 atom stereocenters. The van der Waals surface area contributed by atoms with Gasteiger partial charge < -0.3 is 20.3 Å². The fourth-order valence-electron chi connectivity index (χ4n) is 4.66. The third-order valence-electron chi connectivity index (χ3n) is 6.81. The molecule has 218 valence electrons. The van der Waals surface area contributed by atoms with E-state index in [1.165, 1.54) is 29.2 Å². The number of rotatable bonds is 9. The summed E-state index contributed by atoms with van der Waals surface area (Å²) in [7, 11) is 0. The summed E-state index contributed by atoms with van der Waals surface area (Å²) in [6, 6.07) is 0.603. The molecular weight excluding hydrogens is 543 g/mol. The Morgan fingerprint density at radius 1 is 1.20 bits per heavy atom. The normalized spacial score (nSPS) is 17.6. The highest BCUT2D eigenvalue weighted by Gasteiger charge is 2.39. The highest BCUT2D eigenvalue weighted by molar-refractivity contribution is 5.95. The van der Waals surface area contributed by atoms with Gasteiger partial charge in [-0.15, -0.1) is 0 Å². The molecule has 0 radical (unpaired) electrons. The van der Waals surface area contributed by atoms with Gasteiger partial charge in [0, 0.05) is 30.7 Å². The molecule has 0 saturated heterocycles. The molecule has 2 amide bonds. The lowest BCUT2D eigenvalue weighted by atomic mass is 9.81. The molecule has 0 bridgehead atoms. The van der Waals surface area contributed by atoms with E-state index in [-0.39, 0.29) is 54.3 Å². The van der Waals surface area contributed by atoms with E-state index in [0.717, 1.165) is 0 Å². The second-order valence-corrected chi connectivity index (χ2v) is 10.2. The molecule has 3 aromatic heterocycles. The second kappa shape index (κ2) is 11.5. The standard InChI is InChI=1S/C25H29F5N6O4/c1-13(2)21-16(11-32-40-21)23(39)35-20(14-3-6-24(26,27)7-4-14)17-12-36-18(33-17)9-15(10-31-36)22(38)34-19(37)5-8-25(28,29)30/h9-14,20,22,38H,3-8H2,1-2H3,(H,34,37)(H,35,39)/t20-,22+/m0/s1. The van der Waals surface area contributed by atoms with Crippen LogP contribution in [0.4, 0.5) is 22.0 Å². The van der Waals surface area contributed by atoms with Crippen LogP contribution in [0.5, 0.6) is 0 Å². The predicted molar refractivity (Wildman–Crippen MR) is 129 cm³/mol. The molecule has 0 unspecified atom stereocenters. The van der Waals surface area contributed by atoms with Crippen molar-refractivity contribution in [1.82, 2.24) is 30.4 Å². The molecule has 10 nitrogen and oxygen atoms in total. The number of carbonyl (C=O) groups excluding carboxylic acids is 2. The summed E-state index contributed by atoms with van der Waals surface area (Å²) in [5.74, 6) is -4.42. The van der Waals surface area contributed by atoms with E-state index in [1.54, 1.807) is 0 Å². The van der Waals surface area contributed by atoms with Gasteiger partial charge in [0.2, 0.25) is 11.8 Å². The number of aliphatic hydroxyl groups is 1. The van der Waals surface area contributed by atoms with E-state index in [4.69, 9.17) is 4.52 Å². The van der Waals surface area contributed by atoms with Gasteiger partial charge >= 0.3 is 6.18 Å². The molecule has 40 heavy (non-hydrogen) atoms. The lowest BCUT2D eigenvalue weighted by Gasteiger charge is -2.33. The fraction of sp³-hybridized carbons (Fsp3) is 0.560. The molecule has 1 saturated carbocycles. The first-order valence-corrected chi connectivity index (χ1v) is 12.7. The van der Waals surface area contributed by atoms with Crippen LogP contribution in [0.1, 0.15) is 97.9 Å². The Balaban J connectivity index is 1.57. The minimum absolute atomic E-state index is 0.0638. The zero-order valence-electron chi connectivity index (χ0n) is 21.7. The number of halogens is 5. The minimum atomic E-state index is -4.51. The molecule has 0 aromatic carbocycles. The summed E-state index contributed by atoms with van der Waals surface area (Å²) in [6.45, 7) is 3.66. The Bertz CT molecular complexity index is 1340. The molecule has 3 heterocycles. The zero-order chi connectivity index (χ0) is 29.2. The van der Waals surface area contributed by atoms with Crippen LogP contribution >= 0.6 is 0 Å². The van der Waals surface area contributed by atoms with Gasteiger partial charge in [0.05, 0.1) is 36.7 Å². The summed E-state index contributed by atoms with van der Waals surface area (Å²) in [4.78, 5) is 29.5. The number of carbonyl (C=O) groups is 2. The van der Waals surface area contributed by atoms with Crippen molar-refractivity contribution in [2.45, 2.75) is 82.7 Å². The first kappa shape index (κ1) is 29.4. The van der Waals surface area contributed by atoms with E-state index < -0.39 is 49.0 Å². The molecule has 3 aromatic rings. The van der Waals surface area contributed by atoms with E-state index in [2.05, 4.69) is 25.9 Å². The third kappa shape index (κ3) is 7.11. The Hall–Kier alpha value is -3.62. The fourth-order valence-corrected chi connectivity index (χ4v) is 4.66. The summed E-state index contributed by atoms with van der Waals surface area (Å²) in [5, 5.41) is 23.1. The number of hydrogen-bond donors (Lipinski definition) is 3. The van der Waals surface area contributed by atoms with Gasteiger partial charge in [0.25, 0.3) is 5.91 Å². The number of aliphatic hydroxyl groups excluding tert-OH is 1. The Labute approximate surface area is 225 Å². The van der Waals surface area contributed by atoms with E-state index in [1.807, 2.05) is 13.8 Å². The first-order chi connectivity index (χ1) is 18.7. The first-order valence-electron chi connectivity index (χ1n) is 12.7. The highest BCUT2D eigenvalue weighted by Crippen LogP contribution is 2.41. The van der Waals surface area contributed by atoms with Gasteiger partial charge in [-0.1, -0.05) is 19.0 Å². The van der Waals surface area contributed by atoms with Crippen LogP contribution in [-0.2, 0) is 4.79 Å². The van der Waals surface area contributed by atoms with Gasteiger partial charge in [0.1, 0.15) is 5.56 Å². The third-order valence-corrected chi connectivity index (χ3v) is 6.81. The molecule has 0 aliphatic heterocycles. The number of amides is 2. The number of hydrogen-bond acceptors (Lipinski definition) is 7. The average Bonchev–Trinajstić information content (AvgIpc) is 3.53. The highest BCUT2D eigenvalue weighted by atomic mass is 19.4. The van der Waals surface area contributed by atoms with Crippen molar-refractivity contribution in [3.63, 3.8) is 0 Å². The largest absolute Gasteiger partial charge is 0.389 e. The number of alkyl halides is 5. The molecule has 15 heteroatoms. The van der Waals surface area contributed by atoms with Crippen LogP contribution < -0.4 is 10.6 Å². The minimum Gasteiger partial charge on any atom is -0.369 e. The molecule has 0 spiro atoms. The van der Waals surface area contributed by atoms with Crippen LogP contribution in [0, 0.1) is 5.92 Å². The molecule has 1 aliphatic carbocycles. The molecular formula is C25H29F5N6O4. The lowest BCUT2D eigenvalue weighted by Crippen LogP contribution is -2.37. The van der Waals surface area contributed by atoms with Crippen molar-refractivity contribution < 1.29 is 41.2 Å². The Morgan fingerprint density at radius 2 is 1.90 bits per heavy atom. The number of aromatic nitrogens is 4. The number of fused-ring (bicyclic) bond motifs is 1. The van der Waals surface area contributed by atoms with Crippen LogP contribution in [0.15, 0.2) is 29.2 Å². The number of nitrogens with zero attached hydrogens (tertiary/aromatic N) is 4. The van der Waals surface area contributed by atoms with Crippen molar-refractivity contribution in [2.24, 2.45) is 5.92 Å². The second-order valence-electron chi connectivity index (χ2n) is 10.2. The number of nitrogens with one attached hydrogen (secondary N) is 2. The van der Waals surface area contributed by atoms with Crippen molar-refractivity contribution in [2.75, 3.05) is 0 Å². The van der Waals surface area contributed by atoms with Gasteiger partial charge in [-0.25, -0.2) is 18.3 Å². The van der Waals surface area contributed by atoms with Crippen molar-refractivity contribution in [3.8, 4) is 0 Å². The quantitative estimate of drug-likeness (QED) is 0.252. The van der Waals surface area contributed by atoms with Gasteiger partial charge in [-0.2, -0.15) is 18.3 Å². The van der Waals surface area contributed by atoms with Crippen molar-refractivity contribution in [3.05, 3.63) is 47.2 Å². The smallest absolute Gasteiger partial charge is 0.369 e. The Kier molecular flexibility index (Phi) is 8.42. The maximum Gasteiger partial charge on any atom is 0.389 e. The SMILES string of the molecule is CC(C)c1oncc1C(=O)N[C@H](c1cn2ncc([C@@H](O)NC(=O)CCC(F)(F)F)cc2n1)C1CCC(F)(F)CC1. The van der Waals surface area contributed by atoms with E-state index >= 15 is 0 Å². The van der Waals surface area contributed by atoms with Gasteiger partial charge in [0.15, 0.2) is 17.6 Å². The van der Waals surface area contributed by atoms with Crippen molar-refractivity contribution in [1.29, 1.82) is 0 Å². The predicted octanol–water partition coefficient (Wildman–Crippen LogP) is 4.59. The molecule has 3 N–H and O–H groups in total. The van der Waals surface area contributed by atoms with Crippen molar-refractivity contribution >= 4 is 17.5 Å². The zero-order valence-corrected chi connectivity index (χ0v) is 21.7. The maximum atomic E-state index is 13.9. The number of imidazole rings is 1. The van der Waals surface area contributed by atoms with Gasteiger partial charge in [-0.3, -0.25) is 9.59 Å². The molecule has 1 fully saturated rings. The molecule has 4 rings (SSSR count). The van der Waals surface area contributed by atoms with E-state index in [9.17, 15) is 36.6 Å². The average molecular weight is 573 g/mol. The Morgan fingerprint density at radius 3 is 2.55 bits per heavy atom.